The molecule has 0 amide bonds. The zero-order valence-corrected chi connectivity index (χ0v) is 25.5. The van der Waals surface area contributed by atoms with Gasteiger partial charge >= 0.3 is 5.97 Å². The van der Waals surface area contributed by atoms with Crippen LogP contribution in [-0.4, -0.2) is 45.3 Å². The topological polar surface area (TPSA) is 54.0 Å². The van der Waals surface area contributed by atoms with Crippen molar-refractivity contribution in [3.8, 4) is 0 Å². The van der Waals surface area contributed by atoms with Crippen molar-refractivity contribution in [2.24, 2.45) is 17.8 Å². The summed E-state index contributed by atoms with van der Waals surface area (Å²) in [5.41, 5.74) is 3.21. The van der Waals surface area contributed by atoms with Crippen LogP contribution in [0.3, 0.4) is 0 Å². The van der Waals surface area contributed by atoms with Crippen LogP contribution >= 0.6 is 0 Å². The summed E-state index contributed by atoms with van der Waals surface area (Å²) in [5.74, 6) is -0.592. The molecule has 4 rings (SSSR count). The fourth-order valence-electron chi connectivity index (χ4n) is 7.29. The maximum Gasteiger partial charge on any atom is 0.312 e. The second-order valence-corrected chi connectivity index (χ2v) is 16.6. The molecule has 7 atom stereocenters. The van der Waals surface area contributed by atoms with Gasteiger partial charge in [-0.3, -0.25) is 4.79 Å². The van der Waals surface area contributed by atoms with Crippen molar-refractivity contribution >= 4 is 14.3 Å². The van der Waals surface area contributed by atoms with Crippen molar-refractivity contribution in [1.82, 2.24) is 0 Å². The quantitative estimate of drug-likeness (QED) is 0.188. The molecule has 38 heavy (non-hydrogen) atoms. The molecule has 2 bridgehead atoms. The van der Waals surface area contributed by atoms with Crippen LogP contribution in [0.1, 0.15) is 66.4 Å². The SMILES string of the molecule is CC[Si](CC)(CC)O[C@]1(C)CC/C=C(/C)C[C@H]2O[C@@H]1[C@@H]1[C@@H](C(=O)OC)[C@H](OCc3ccccc3)C=C(C)[C@@H]12. The molecule has 1 aromatic rings. The Hall–Kier alpha value is -1.73. The van der Waals surface area contributed by atoms with E-state index in [2.05, 4.69) is 65.8 Å². The van der Waals surface area contributed by atoms with Gasteiger partial charge in [-0.25, -0.2) is 0 Å². The van der Waals surface area contributed by atoms with E-state index in [1.165, 1.54) is 18.3 Å². The second kappa shape index (κ2) is 12.2. The molecule has 210 valence electrons. The Balaban J connectivity index is 1.77. The molecule has 1 fully saturated rings. The van der Waals surface area contributed by atoms with Crippen molar-refractivity contribution in [1.29, 1.82) is 0 Å². The van der Waals surface area contributed by atoms with Crippen LogP contribution in [0, 0.1) is 17.8 Å². The van der Waals surface area contributed by atoms with Gasteiger partial charge in [-0.05, 0) is 63.7 Å². The van der Waals surface area contributed by atoms with Crippen molar-refractivity contribution in [2.75, 3.05) is 7.11 Å². The van der Waals surface area contributed by atoms with Gasteiger partial charge < -0.3 is 18.6 Å². The van der Waals surface area contributed by atoms with Gasteiger partial charge in [-0.2, -0.15) is 0 Å². The molecule has 0 radical (unpaired) electrons. The predicted molar refractivity (Wildman–Crippen MR) is 154 cm³/mol. The number of benzene rings is 1. The number of ether oxygens (including phenoxy) is 3. The summed E-state index contributed by atoms with van der Waals surface area (Å²) in [6, 6.07) is 13.4. The summed E-state index contributed by atoms with van der Waals surface area (Å²) >= 11 is 0. The average molecular weight is 541 g/mol. The van der Waals surface area contributed by atoms with Gasteiger partial charge in [0.15, 0.2) is 8.32 Å². The molecule has 1 saturated heterocycles. The molecule has 5 nitrogen and oxygen atoms in total. The van der Waals surface area contributed by atoms with Crippen molar-refractivity contribution in [2.45, 2.75) is 109 Å². The summed E-state index contributed by atoms with van der Waals surface area (Å²) in [5, 5.41) is 0. The van der Waals surface area contributed by atoms with Crippen molar-refractivity contribution in [3.63, 3.8) is 0 Å². The number of esters is 1. The van der Waals surface area contributed by atoms with Crippen LogP contribution in [0.15, 0.2) is 53.6 Å². The number of allylic oxidation sites excluding steroid dienone is 1. The van der Waals surface area contributed by atoms with Gasteiger partial charge in [-0.15, -0.1) is 0 Å². The van der Waals surface area contributed by atoms with E-state index < -0.39 is 19.8 Å². The number of rotatable bonds is 9. The van der Waals surface area contributed by atoms with Crippen LogP contribution in [0.5, 0.6) is 0 Å². The maximum absolute atomic E-state index is 13.6. The molecular formula is C32H48O5Si. The van der Waals surface area contributed by atoms with Crippen LogP contribution in [0.4, 0.5) is 0 Å². The monoisotopic (exact) mass is 540 g/mol. The molecule has 2 heterocycles. The fraction of sp³-hybridized carbons (Fsp3) is 0.656. The van der Waals surface area contributed by atoms with E-state index in [1.54, 1.807) is 0 Å². The molecule has 1 aromatic carbocycles. The minimum absolute atomic E-state index is 0.0155. The number of methoxy groups -OCH3 is 1. The highest BCUT2D eigenvalue weighted by Gasteiger charge is 2.61. The zero-order chi connectivity index (χ0) is 27.5. The Morgan fingerprint density at radius 2 is 1.79 bits per heavy atom. The molecule has 0 aromatic heterocycles. The summed E-state index contributed by atoms with van der Waals surface area (Å²) in [4.78, 5) is 13.6. The summed E-state index contributed by atoms with van der Waals surface area (Å²) in [7, 11) is -0.465. The standard InChI is InChI=1S/C32H48O5Si/c1-8-38(9-2,10-3)37-32(6)18-14-15-22(4)19-26-27-23(5)20-25(35-21-24-16-12-11-13-17-24)28(31(33)34-7)29(27)30(32)36-26/h11-13,15-17,20,25-30H,8-10,14,18-19,21H2,1-7H3/b22-15-/t25-,26-,27-,28+,29+,30-,32-/m1/s1. The summed E-state index contributed by atoms with van der Waals surface area (Å²) in [6.45, 7) is 13.9. The number of hydrogen-bond donors (Lipinski definition) is 0. The second-order valence-electron chi connectivity index (χ2n) is 11.9. The minimum Gasteiger partial charge on any atom is -0.469 e. The smallest absolute Gasteiger partial charge is 0.312 e. The van der Waals surface area contributed by atoms with Gasteiger partial charge in [0.2, 0.25) is 0 Å². The normalized spacial score (nSPS) is 34.7. The Morgan fingerprint density at radius 1 is 1.11 bits per heavy atom. The molecular weight excluding hydrogens is 492 g/mol. The fourth-order valence-corrected chi connectivity index (χ4v) is 10.4. The number of fused-ring (bicyclic) bond motifs is 5. The Kier molecular flexibility index (Phi) is 9.39. The third-order valence-electron chi connectivity index (χ3n) is 9.61. The van der Waals surface area contributed by atoms with E-state index in [1.807, 2.05) is 18.2 Å². The first-order valence-electron chi connectivity index (χ1n) is 14.6. The Labute approximate surface area is 231 Å². The van der Waals surface area contributed by atoms with E-state index in [0.717, 1.165) is 43.0 Å². The van der Waals surface area contributed by atoms with Crippen LogP contribution < -0.4 is 0 Å². The Morgan fingerprint density at radius 3 is 2.42 bits per heavy atom. The van der Waals surface area contributed by atoms with Gasteiger partial charge in [0, 0.05) is 11.8 Å². The Bertz CT molecular complexity index is 1010. The largest absolute Gasteiger partial charge is 0.469 e. The lowest BCUT2D eigenvalue weighted by molar-refractivity contribution is -0.160. The lowest BCUT2D eigenvalue weighted by Gasteiger charge is -2.48. The maximum atomic E-state index is 13.6. The van der Waals surface area contributed by atoms with Crippen LogP contribution in [-0.2, 0) is 30.0 Å². The third kappa shape index (κ3) is 5.74. The molecule has 0 spiro atoms. The van der Waals surface area contributed by atoms with Gasteiger partial charge in [0.25, 0.3) is 0 Å². The molecule has 0 N–H and O–H groups in total. The van der Waals surface area contributed by atoms with Crippen LogP contribution in [0.25, 0.3) is 0 Å². The third-order valence-corrected chi connectivity index (χ3v) is 14.4. The van der Waals surface area contributed by atoms with Gasteiger partial charge in [0.1, 0.15) is 0 Å². The average Bonchev–Trinajstić information content (AvgIpc) is 3.32. The molecule has 6 heteroatoms. The lowest BCUT2D eigenvalue weighted by atomic mass is 9.64. The summed E-state index contributed by atoms with van der Waals surface area (Å²) in [6.07, 6.45) is 6.69. The molecule has 2 aliphatic heterocycles. The van der Waals surface area contributed by atoms with Crippen LogP contribution in [0.2, 0.25) is 18.1 Å². The minimum atomic E-state index is -1.96. The molecule has 1 aliphatic carbocycles. The van der Waals surface area contributed by atoms with E-state index in [-0.39, 0.29) is 36.1 Å². The van der Waals surface area contributed by atoms with E-state index in [0.29, 0.717) is 6.61 Å². The van der Waals surface area contributed by atoms with E-state index >= 15 is 0 Å². The highest BCUT2D eigenvalue weighted by Crippen LogP contribution is 2.54. The van der Waals surface area contributed by atoms with Gasteiger partial charge in [-0.1, -0.05) is 74.4 Å². The lowest BCUT2D eigenvalue weighted by Crippen LogP contribution is -2.57. The number of hydrogen-bond acceptors (Lipinski definition) is 5. The first-order chi connectivity index (χ1) is 18.2. The number of carbonyl (C=O) groups excluding carboxylic acids is 1. The van der Waals surface area contributed by atoms with Crippen molar-refractivity contribution < 1.29 is 23.4 Å². The first kappa shape index (κ1) is 29.3. The zero-order valence-electron chi connectivity index (χ0n) is 24.5. The molecule has 0 saturated carbocycles. The van der Waals surface area contributed by atoms with Crippen molar-refractivity contribution in [3.05, 3.63) is 59.2 Å². The highest BCUT2D eigenvalue weighted by atomic mass is 28.4. The van der Waals surface area contributed by atoms with E-state index in [9.17, 15) is 4.79 Å². The first-order valence-corrected chi connectivity index (χ1v) is 17.2. The number of carbonyl (C=O) groups is 1. The predicted octanol–water partition coefficient (Wildman–Crippen LogP) is 7.23. The molecule has 3 aliphatic rings. The molecule has 0 unspecified atom stereocenters. The van der Waals surface area contributed by atoms with E-state index in [4.69, 9.17) is 18.6 Å². The van der Waals surface area contributed by atoms with Gasteiger partial charge in [0.05, 0.1) is 43.5 Å². The highest BCUT2D eigenvalue weighted by molar-refractivity contribution is 6.73. The summed E-state index contributed by atoms with van der Waals surface area (Å²) < 4.78 is 26.4.